The molecule has 5 heteroatoms. The molecule has 0 saturated heterocycles. The smallest absolute Gasteiger partial charge is 0.323 e. The van der Waals surface area contributed by atoms with Gasteiger partial charge in [0.15, 0.2) is 0 Å². The first-order chi connectivity index (χ1) is 9.61. The Morgan fingerprint density at radius 3 is 2.40 bits per heavy atom. The van der Waals surface area contributed by atoms with Crippen molar-refractivity contribution in [1.82, 2.24) is 9.80 Å². The standard InChI is InChI=1S/C15H20N2O3/c1-2-16(10-12-6-4-3-5-7-12)15(20)17(11-14(18)19)13-8-9-13/h3-7,13H,2,8-11H2,1H3,(H,18,19). The third kappa shape index (κ3) is 3.73. The molecule has 1 aromatic carbocycles. The van der Waals surface area contributed by atoms with E-state index in [2.05, 4.69) is 0 Å². The van der Waals surface area contributed by atoms with Crippen molar-refractivity contribution in [2.45, 2.75) is 32.4 Å². The lowest BCUT2D eigenvalue weighted by Crippen LogP contribution is -2.46. The number of nitrogens with zero attached hydrogens (tertiary/aromatic N) is 2. The number of hydrogen-bond acceptors (Lipinski definition) is 2. The van der Waals surface area contributed by atoms with Crippen molar-refractivity contribution >= 4 is 12.0 Å². The van der Waals surface area contributed by atoms with Crippen LogP contribution in [0.3, 0.4) is 0 Å². The first-order valence-corrected chi connectivity index (χ1v) is 6.93. The molecule has 0 aliphatic heterocycles. The number of carboxylic acid groups (broad SMARTS) is 1. The summed E-state index contributed by atoms with van der Waals surface area (Å²) in [6.07, 6.45) is 1.81. The number of amides is 2. The minimum absolute atomic E-state index is 0.100. The van der Waals surface area contributed by atoms with Crippen molar-refractivity contribution in [2.24, 2.45) is 0 Å². The van der Waals surface area contributed by atoms with Crippen LogP contribution in [0.1, 0.15) is 25.3 Å². The lowest BCUT2D eigenvalue weighted by Gasteiger charge is -2.29. The summed E-state index contributed by atoms with van der Waals surface area (Å²) in [5.41, 5.74) is 1.05. The minimum Gasteiger partial charge on any atom is -0.480 e. The van der Waals surface area contributed by atoms with Gasteiger partial charge in [0, 0.05) is 19.1 Å². The molecule has 2 rings (SSSR count). The summed E-state index contributed by atoms with van der Waals surface area (Å²) in [6.45, 7) is 2.77. The quantitative estimate of drug-likeness (QED) is 0.866. The third-order valence-corrected chi connectivity index (χ3v) is 3.41. The zero-order chi connectivity index (χ0) is 14.5. The normalized spacial score (nSPS) is 13.8. The Hall–Kier alpha value is -2.04. The van der Waals surface area contributed by atoms with Crippen LogP contribution in [0.5, 0.6) is 0 Å². The van der Waals surface area contributed by atoms with Gasteiger partial charge in [0.1, 0.15) is 6.54 Å². The highest BCUT2D eigenvalue weighted by Gasteiger charge is 2.35. The average molecular weight is 276 g/mol. The van der Waals surface area contributed by atoms with Gasteiger partial charge in [-0.2, -0.15) is 0 Å². The van der Waals surface area contributed by atoms with E-state index in [0.717, 1.165) is 18.4 Å². The van der Waals surface area contributed by atoms with E-state index in [4.69, 9.17) is 5.11 Å². The molecular weight excluding hydrogens is 256 g/mol. The molecule has 1 aliphatic carbocycles. The Morgan fingerprint density at radius 1 is 1.25 bits per heavy atom. The number of hydrogen-bond donors (Lipinski definition) is 1. The number of carbonyl (C=O) groups is 2. The lowest BCUT2D eigenvalue weighted by molar-refractivity contribution is -0.137. The maximum Gasteiger partial charge on any atom is 0.323 e. The van der Waals surface area contributed by atoms with E-state index in [1.165, 1.54) is 4.90 Å². The van der Waals surface area contributed by atoms with Gasteiger partial charge >= 0.3 is 12.0 Å². The molecule has 0 spiro atoms. The van der Waals surface area contributed by atoms with Crippen molar-refractivity contribution in [3.8, 4) is 0 Å². The van der Waals surface area contributed by atoms with Crippen molar-refractivity contribution in [2.75, 3.05) is 13.1 Å². The summed E-state index contributed by atoms with van der Waals surface area (Å²) in [5, 5.41) is 8.94. The Morgan fingerprint density at radius 2 is 1.90 bits per heavy atom. The molecule has 0 atom stereocenters. The van der Waals surface area contributed by atoms with Gasteiger partial charge in [-0.05, 0) is 25.3 Å². The van der Waals surface area contributed by atoms with Crippen molar-refractivity contribution in [3.63, 3.8) is 0 Å². The summed E-state index contributed by atoms with van der Waals surface area (Å²) in [5.74, 6) is -0.957. The van der Waals surface area contributed by atoms with Crippen LogP contribution in [0.2, 0.25) is 0 Å². The van der Waals surface area contributed by atoms with E-state index < -0.39 is 5.97 Å². The van der Waals surface area contributed by atoms with E-state index in [9.17, 15) is 9.59 Å². The van der Waals surface area contributed by atoms with Gasteiger partial charge in [0.05, 0.1) is 0 Å². The van der Waals surface area contributed by atoms with Gasteiger partial charge in [0.2, 0.25) is 0 Å². The Labute approximate surface area is 118 Å². The van der Waals surface area contributed by atoms with E-state index in [-0.39, 0.29) is 18.6 Å². The first-order valence-electron chi connectivity index (χ1n) is 6.93. The van der Waals surface area contributed by atoms with Gasteiger partial charge in [-0.15, -0.1) is 0 Å². The molecule has 1 aromatic rings. The fraction of sp³-hybridized carbons (Fsp3) is 0.467. The SMILES string of the molecule is CCN(Cc1ccccc1)C(=O)N(CC(=O)O)C1CC1. The summed E-state index contributed by atoms with van der Waals surface area (Å²) in [4.78, 5) is 26.6. The van der Waals surface area contributed by atoms with Crippen LogP contribution in [0.25, 0.3) is 0 Å². The first kappa shape index (κ1) is 14.4. The highest BCUT2D eigenvalue weighted by atomic mass is 16.4. The van der Waals surface area contributed by atoms with E-state index in [1.807, 2.05) is 37.3 Å². The lowest BCUT2D eigenvalue weighted by atomic mass is 10.2. The zero-order valence-corrected chi connectivity index (χ0v) is 11.7. The molecule has 1 fully saturated rings. The second kappa shape index (κ2) is 6.41. The highest BCUT2D eigenvalue weighted by molar-refractivity contribution is 5.80. The maximum absolute atomic E-state index is 12.5. The Bertz CT molecular complexity index is 471. The van der Waals surface area contributed by atoms with E-state index in [1.54, 1.807) is 4.90 Å². The van der Waals surface area contributed by atoms with Crippen LogP contribution in [0.15, 0.2) is 30.3 Å². The van der Waals surface area contributed by atoms with Crippen LogP contribution in [-0.4, -0.2) is 46.0 Å². The predicted octanol–water partition coefficient (Wildman–Crippen LogP) is 2.18. The molecule has 0 heterocycles. The highest BCUT2D eigenvalue weighted by Crippen LogP contribution is 2.27. The molecule has 108 valence electrons. The summed E-state index contributed by atoms with van der Waals surface area (Å²) in [6, 6.07) is 9.66. The molecule has 0 bridgehead atoms. The number of urea groups is 1. The molecule has 20 heavy (non-hydrogen) atoms. The topological polar surface area (TPSA) is 60.9 Å². The molecule has 1 aliphatic rings. The molecule has 2 amide bonds. The molecular formula is C15H20N2O3. The fourth-order valence-corrected chi connectivity index (χ4v) is 2.18. The fourth-order valence-electron chi connectivity index (χ4n) is 2.18. The third-order valence-electron chi connectivity index (χ3n) is 3.41. The summed E-state index contributed by atoms with van der Waals surface area (Å²) < 4.78 is 0. The number of carboxylic acids is 1. The second-order valence-corrected chi connectivity index (χ2v) is 5.04. The molecule has 0 aromatic heterocycles. The van der Waals surface area contributed by atoms with Gasteiger partial charge in [-0.3, -0.25) is 4.79 Å². The average Bonchev–Trinajstić information content (AvgIpc) is 3.27. The second-order valence-electron chi connectivity index (χ2n) is 5.04. The largest absolute Gasteiger partial charge is 0.480 e. The van der Waals surface area contributed by atoms with Crippen LogP contribution in [0, 0.1) is 0 Å². The molecule has 0 radical (unpaired) electrons. The number of aliphatic carboxylic acids is 1. The van der Waals surface area contributed by atoms with Gasteiger partial charge in [-0.1, -0.05) is 30.3 Å². The van der Waals surface area contributed by atoms with Gasteiger partial charge in [0.25, 0.3) is 0 Å². The zero-order valence-electron chi connectivity index (χ0n) is 11.7. The predicted molar refractivity (Wildman–Crippen MR) is 75.3 cm³/mol. The summed E-state index contributed by atoms with van der Waals surface area (Å²) >= 11 is 0. The monoisotopic (exact) mass is 276 g/mol. The van der Waals surface area contributed by atoms with Crippen molar-refractivity contribution in [3.05, 3.63) is 35.9 Å². The number of rotatable bonds is 6. The number of carbonyl (C=O) groups excluding carboxylic acids is 1. The van der Waals surface area contributed by atoms with Crippen molar-refractivity contribution in [1.29, 1.82) is 0 Å². The van der Waals surface area contributed by atoms with Crippen molar-refractivity contribution < 1.29 is 14.7 Å². The minimum atomic E-state index is -0.957. The summed E-state index contributed by atoms with van der Waals surface area (Å²) in [7, 11) is 0. The molecule has 5 nitrogen and oxygen atoms in total. The molecule has 0 unspecified atom stereocenters. The molecule has 1 saturated carbocycles. The molecule has 1 N–H and O–H groups in total. The number of benzene rings is 1. The van der Waals surface area contributed by atoms with E-state index >= 15 is 0 Å². The Balaban J connectivity index is 2.05. The van der Waals surface area contributed by atoms with Gasteiger partial charge < -0.3 is 14.9 Å². The van der Waals surface area contributed by atoms with Crippen LogP contribution in [0.4, 0.5) is 4.79 Å². The van der Waals surface area contributed by atoms with Crippen LogP contribution < -0.4 is 0 Å². The Kier molecular flexibility index (Phi) is 4.61. The maximum atomic E-state index is 12.5. The van der Waals surface area contributed by atoms with Gasteiger partial charge in [-0.25, -0.2) is 4.79 Å². The van der Waals surface area contributed by atoms with Crippen LogP contribution in [-0.2, 0) is 11.3 Å². The van der Waals surface area contributed by atoms with Crippen LogP contribution >= 0.6 is 0 Å². The van der Waals surface area contributed by atoms with E-state index in [0.29, 0.717) is 13.1 Å².